The van der Waals surface area contributed by atoms with Gasteiger partial charge in [-0.1, -0.05) is 0 Å². The van der Waals surface area contributed by atoms with E-state index >= 15 is 0 Å². The van der Waals surface area contributed by atoms with Crippen LogP contribution in [0.3, 0.4) is 0 Å². The number of hydrogen-bond donors (Lipinski definition) is 2. The Morgan fingerprint density at radius 2 is 0.846 bits per heavy atom. The lowest BCUT2D eigenvalue weighted by Gasteiger charge is -2.42. The lowest BCUT2D eigenvalue weighted by atomic mass is 9.92. The number of piperidine rings is 4. The summed E-state index contributed by atoms with van der Waals surface area (Å²) in [5, 5.41) is 7.16. The molecule has 2 N–H and O–H groups in total. The third kappa shape index (κ3) is 4.28. The Bertz CT molecular complexity index is 460. The lowest BCUT2D eigenvalue weighted by molar-refractivity contribution is 0.236. The Balaban J connectivity index is 1.74. The largest absolute Gasteiger partial charge is 0.370 e. The zero-order chi connectivity index (χ0) is 17.6. The molecule has 0 saturated carbocycles. The molecule has 146 valence electrons. The van der Waals surface area contributed by atoms with Gasteiger partial charge in [-0.2, -0.15) is 0 Å². The van der Waals surface area contributed by atoms with Gasteiger partial charge in [0.05, 0.1) is 11.4 Å². The van der Waals surface area contributed by atoms with E-state index in [2.05, 4.69) is 20.4 Å². The summed E-state index contributed by atoms with van der Waals surface area (Å²) < 4.78 is 0. The monoisotopic (exact) mass is 358 g/mol. The standard InChI is InChI=1S/C22H38N4/c1-3-15-25(16-4-1)21(19-7-11-23-12-8-19)22(20-9-13-24-14-10-20)26-17-5-2-6-18-26/h23-24H,1-18H2. The molecule has 4 rings (SSSR count). The van der Waals surface area contributed by atoms with Gasteiger partial charge in [-0.3, -0.25) is 0 Å². The zero-order valence-corrected chi connectivity index (χ0v) is 16.6. The molecule has 0 aromatic rings. The molecule has 4 fully saturated rings. The highest BCUT2D eigenvalue weighted by atomic mass is 15.2. The van der Waals surface area contributed by atoms with Gasteiger partial charge in [0, 0.05) is 26.2 Å². The van der Waals surface area contributed by atoms with Gasteiger partial charge >= 0.3 is 0 Å². The van der Waals surface area contributed by atoms with Crippen molar-refractivity contribution in [2.75, 3.05) is 52.4 Å². The van der Waals surface area contributed by atoms with E-state index in [0.29, 0.717) is 0 Å². The fourth-order valence-electron chi connectivity index (χ4n) is 5.25. The minimum absolute atomic E-state index is 1.16. The van der Waals surface area contributed by atoms with Gasteiger partial charge in [-0.15, -0.1) is 0 Å². The number of rotatable bonds is 3. The Kier molecular flexibility index (Phi) is 6.55. The van der Waals surface area contributed by atoms with Crippen molar-refractivity contribution in [3.05, 3.63) is 22.5 Å². The van der Waals surface area contributed by atoms with Crippen LogP contribution in [0.2, 0.25) is 0 Å². The maximum absolute atomic E-state index is 3.58. The van der Waals surface area contributed by atoms with Crippen LogP contribution >= 0.6 is 0 Å². The van der Waals surface area contributed by atoms with E-state index in [1.807, 2.05) is 0 Å². The lowest BCUT2D eigenvalue weighted by Crippen LogP contribution is -2.40. The molecule has 0 aliphatic carbocycles. The minimum Gasteiger partial charge on any atom is -0.370 e. The van der Waals surface area contributed by atoms with E-state index in [-0.39, 0.29) is 0 Å². The highest BCUT2D eigenvalue weighted by Gasteiger charge is 2.28. The molecule has 0 spiro atoms. The van der Waals surface area contributed by atoms with Crippen LogP contribution in [0.15, 0.2) is 22.5 Å². The van der Waals surface area contributed by atoms with Crippen LogP contribution in [0.1, 0.15) is 64.2 Å². The van der Waals surface area contributed by atoms with Gasteiger partial charge in [-0.05, 0) is 102 Å². The van der Waals surface area contributed by atoms with Crippen molar-refractivity contribution in [3.8, 4) is 0 Å². The second-order valence-corrected chi connectivity index (χ2v) is 8.50. The van der Waals surface area contributed by atoms with Crippen LogP contribution in [0.5, 0.6) is 0 Å². The van der Waals surface area contributed by atoms with Crippen molar-refractivity contribution in [2.45, 2.75) is 64.2 Å². The molecule has 4 saturated heterocycles. The molecule has 0 unspecified atom stereocenters. The maximum atomic E-state index is 3.58. The summed E-state index contributed by atoms with van der Waals surface area (Å²) >= 11 is 0. The van der Waals surface area contributed by atoms with E-state index in [9.17, 15) is 0 Å². The summed E-state index contributed by atoms with van der Waals surface area (Å²) in [5.41, 5.74) is 6.87. The van der Waals surface area contributed by atoms with Crippen molar-refractivity contribution < 1.29 is 0 Å². The van der Waals surface area contributed by atoms with Crippen LogP contribution in [-0.2, 0) is 0 Å². The SMILES string of the molecule is C1CCN(C(=C2CCNCC2)C(=C2CCNCC2)N2CCCCC2)CC1. The van der Waals surface area contributed by atoms with Gasteiger partial charge in [0.1, 0.15) is 0 Å². The van der Waals surface area contributed by atoms with Gasteiger partial charge in [-0.25, -0.2) is 0 Å². The van der Waals surface area contributed by atoms with Crippen LogP contribution in [0, 0.1) is 0 Å². The van der Waals surface area contributed by atoms with Crippen LogP contribution < -0.4 is 10.6 Å². The average Bonchev–Trinajstić information content (AvgIpc) is 2.74. The second-order valence-electron chi connectivity index (χ2n) is 8.50. The van der Waals surface area contributed by atoms with Crippen molar-refractivity contribution in [3.63, 3.8) is 0 Å². The highest BCUT2D eigenvalue weighted by Crippen LogP contribution is 2.35. The molecule has 4 heterocycles. The molecule has 0 aromatic heterocycles. The molecule has 26 heavy (non-hydrogen) atoms. The van der Waals surface area contributed by atoms with Gasteiger partial charge in [0.25, 0.3) is 0 Å². The summed E-state index contributed by atoms with van der Waals surface area (Å²) in [6.45, 7) is 9.75. The van der Waals surface area contributed by atoms with Crippen molar-refractivity contribution in [1.82, 2.24) is 20.4 Å². The summed E-state index contributed by atoms with van der Waals surface area (Å²) in [5.74, 6) is 0. The summed E-state index contributed by atoms with van der Waals surface area (Å²) in [7, 11) is 0. The normalized spacial score (nSPS) is 25.4. The third-order valence-corrected chi connectivity index (χ3v) is 6.65. The van der Waals surface area contributed by atoms with E-state index in [4.69, 9.17) is 0 Å². The molecular weight excluding hydrogens is 320 g/mol. The van der Waals surface area contributed by atoms with Crippen molar-refractivity contribution in [2.24, 2.45) is 0 Å². The predicted octanol–water partition coefficient (Wildman–Crippen LogP) is 3.23. The molecule has 0 aromatic carbocycles. The van der Waals surface area contributed by atoms with Crippen LogP contribution in [0.4, 0.5) is 0 Å². The third-order valence-electron chi connectivity index (χ3n) is 6.65. The van der Waals surface area contributed by atoms with Crippen molar-refractivity contribution >= 4 is 0 Å². The first-order valence-electron chi connectivity index (χ1n) is 11.3. The number of likely N-dealkylation sites (tertiary alicyclic amines) is 2. The summed E-state index contributed by atoms with van der Waals surface area (Å²) in [6.07, 6.45) is 13.3. The predicted molar refractivity (Wildman–Crippen MR) is 109 cm³/mol. The average molecular weight is 359 g/mol. The molecular formula is C22H38N4. The molecule has 4 nitrogen and oxygen atoms in total. The van der Waals surface area contributed by atoms with Crippen LogP contribution in [-0.4, -0.2) is 62.2 Å². The fraction of sp³-hybridized carbons (Fsp3) is 0.818. The first-order chi connectivity index (χ1) is 12.9. The van der Waals surface area contributed by atoms with Gasteiger partial charge in [0.15, 0.2) is 0 Å². The molecule has 4 aliphatic rings. The summed E-state index contributed by atoms with van der Waals surface area (Å²) in [6, 6.07) is 0. The Morgan fingerprint density at radius 3 is 1.19 bits per heavy atom. The number of nitrogens with zero attached hydrogens (tertiary/aromatic N) is 2. The Hall–Kier alpha value is -1.00. The molecule has 0 atom stereocenters. The second kappa shape index (κ2) is 9.27. The number of nitrogens with one attached hydrogen (secondary N) is 2. The van der Waals surface area contributed by atoms with E-state index in [1.165, 1.54) is 90.4 Å². The van der Waals surface area contributed by atoms with Crippen LogP contribution in [0.25, 0.3) is 0 Å². The molecule has 0 amide bonds. The number of hydrogen-bond acceptors (Lipinski definition) is 4. The molecule has 0 bridgehead atoms. The fourth-order valence-corrected chi connectivity index (χ4v) is 5.25. The zero-order valence-electron chi connectivity index (χ0n) is 16.6. The quantitative estimate of drug-likeness (QED) is 0.811. The molecule has 0 radical (unpaired) electrons. The first-order valence-corrected chi connectivity index (χ1v) is 11.3. The topological polar surface area (TPSA) is 30.5 Å². The minimum atomic E-state index is 1.16. The van der Waals surface area contributed by atoms with E-state index < -0.39 is 0 Å². The molecule has 4 heteroatoms. The molecule has 4 aliphatic heterocycles. The maximum Gasteiger partial charge on any atom is 0.0596 e. The van der Waals surface area contributed by atoms with Gasteiger partial charge in [0.2, 0.25) is 0 Å². The summed E-state index contributed by atoms with van der Waals surface area (Å²) in [4.78, 5) is 5.59. The van der Waals surface area contributed by atoms with E-state index in [1.54, 1.807) is 22.5 Å². The Morgan fingerprint density at radius 1 is 0.500 bits per heavy atom. The van der Waals surface area contributed by atoms with E-state index in [0.717, 1.165) is 26.2 Å². The highest BCUT2D eigenvalue weighted by molar-refractivity contribution is 5.39. The van der Waals surface area contributed by atoms with Gasteiger partial charge < -0.3 is 20.4 Å². The smallest absolute Gasteiger partial charge is 0.0596 e. The van der Waals surface area contributed by atoms with Crippen molar-refractivity contribution in [1.29, 1.82) is 0 Å². The first kappa shape index (κ1) is 18.4. The Labute approximate surface area is 160 Å².